The summed E-state index contributed by atoms with van der Waals surface area (Å²) in [5.41, 5.74) is 2.64. The van der Waals surface area contributed by atoms with Gasteiger partial charge in [-0.1, -0.05) is 18.2 Å². The van der Waals surface area contributed by atoms with Crippen LogP contribution in [0.15, 0.2) is 69.7 Å². The van der Waals surface area contributed by atoms with Crippen LogP contribution >= 0.6 is 11.3 Å². The van der Waals surface area contributed by atoms with E-state index in [0.29, 0.717) is 21.3 Å². The second kappa shape index (κ2) is 8.01. The first kappa shape index (κ1) is 19.9. The molecule has 0 radical (unpaired) electrons. The first-order valence-corrected chi connectivity index (χ1v) is 10.6. The SMILES string of the molecule is CC(=O)c1sc(Nc2ccccc2)c(N=Nc2ccc(S(N)(=O)=O)cc2)c1C. The number of nitrogens with one attached hydrogen (secondary N) is 1. The molecule has 0 fully saturated rings. The predicted molar refractivity (Wildman–Crippen MR) is 111 cm³/mol. The van der Waals surface area contributed by atoms with Gasteiger partial charge in [-0.15, -0.1) is 16.5 Å². The van der Waals surface area contributed by atoms with Gasteiger partial charge in [-0.25, -0.2) is 13.6 Å². The van der Waals surface area contributed by atoms with Crippen molar-refractivity contribution in [1.29, 1.82) is 0 Å². The van der Waals surface area contributed by atoms with E-state index >= 15 is 0 Å². The molecule has 2 aromatic carbocycles. The molecule has 144 valence electrons. The van der Waals surface area contributed by atoms with Gasteiger partial charge in [0.25, 0.3) is 0 Å². The van der Waals surface area contributed by atoms with Crippen molar-refractivity contribution in [3.8, 4) is 0 Å². The highest BCUT2D eigenvalue weighted by Gasteiger charge is 2.18. The highest BCUT2D eigenvalue weighted by molar-refractivity contribution is 7.89. The maximum absolute atomic E-state index is 11.9. The number of rotatable bonds is 6. The summed E-state index contributed by atoms with van der Waals surface area (Å²) in [6.07, 6.45) is 0. The minimum atomic E-state index is -3.76. The third kappa shape index (κ3) is 4.50. The zero-order valence-electron chi connectivity index (χ0n) is 15.2. The Bertz CT molecular complexity index is 1140. The number of Topliss-reactive ketones (excluding diaryl/α,β-unsaturated/α-hetero) is 1. The molecular weight excluding hydrogens is 396 g/mol. The number of ketones is 1. The Hall–Kier alpha value is -2.88. The highest BCUT2D eigenvalue weighted by Crippen LogP contribution is 2.42. The Morgan fingerprint density at radius 3 is 2.25 bits per heavy atom. The number of thiophene rings is 1. The Balaban J connectivity index is 1.95. The number of para-hydroxylation sites is 1. The van der Waals surface area contributed by atoms with Crippen LogP contribution in [0.3, 0.4) is 0 Å². The van der Waals surface area contributed by atoms with Gasteiger partial charge >= 0.3 is 0 Å². The molecule has 0 amide bonds. The van der Waals surface area contributed by atoms with E-state index in [1.165, 1.54) is 42.5 Å². The van der Waals surface area contributed by atoms with Crippen molar-refractivity contribution in [2.75, 3.05) is 5.32 Å². The topological polar surface area (TPSA) is 114 Å². The number of benzene rings is 2. The van der Waals surface area contributed by atoms with Crippen LogP contribution in [0, 0.1) is 6.92 Å². The van der Waals surface area contributed by atoms with Gasteiger partial charge < -0.3 is 5.32 Å². The summed E-state index contributed by atoms with van der Waals surface area (Å²) in [6.45, 7) is 3.33. The van der Waals surface area contributed by atoms with Gasteiger partial charge in [-0.2, -0.15) is 5.11 Å². The average Bonchev–Trinajstić information content (AvgIpc) is 2.96. The van der Waals surface area contributed by atoms with Crippen molar-refractivity contribution in [3.05, 3.63) is 65.0 Å². The lowest BCUT2D eigenvalue weighted by Crippen LogP contribution is -2.11. The Morgan fingerprint density at radius 2 is 1.68 bits per heavy atom. The first-order chi connectivity index (χ1) is 13.3. The third-order valence-electron chi connectivity index (χ3n) is 3.90. The second-order valence-corrected chi connectivity index (χ2v) is 8.60. The van der Waals surface area contributed by atoms with E-state index < -0.39 is 10.0 Å². The maximum Gasteiger partial charge on any atom is 0.238 e. The quantitative estimate of drug-likeness (QED) is 0.433. The fourth-order valence-corrected chi connectivity index (χ4v) is 4.08. The Morgan fingerprint density at radius 1 is 1.04 bits per heavy atom. The molecule has 0 aliphatic rings. The molecule has 0 saturated carbocycles. The van der Waals surface area contributed by atoms with E-state index in [1.807, 2.05) is 37.3 Å². The number of carbonyl (C=O) groups is 1. The highest BCUT2D eigenvalue weighted by atomic mass is 32.2. The number of nitrogens with zero attached hydrogens (tertiary/aromatic N) is 2. The maximum atomic E-state index is 11.9. The van der Waals surface area contributed by atoms with Gasteiger partial charge in [0, 0.05) is 11.3 Å². The van der Waals surface area contributed by atoms with Crippen LogP contribution in [0.25, 0.3) is 0 Å². The molecule has 0 atom stereocenters. The van der Waals surface area contributed by atoms with E-state index in [4.69, 9.17) is 5.14 Å². The van der Waals surface area contributed by atoms with Crippen molar-refractivity contribution in [2.45, 2.75) is 18.7 Å². The monoisotopic (exact) mass is 414 g/mol. The predicted octanol–water partition coefficient (Wildman–Crippen LogP) is 5.07. The number of nitrogens with two attached hydrogens (primary N) is 1. The third-order valence-corrected chi connectivity index (χ3v) is 6.12. The van der Waals surface area contributed by atoms with Crippen molar-refractivity contribution in [1.82, 2.24) is 0 Å². The molecule has 0 unspecified atom stereocenters. The number of azo groups is 1. The molecule has 7 nitrogen and oxygen atoms in total. The molecule has 3 rings (SSSR count). The summed E-state index contributed by atoms with van der Waals surface area (Å²) in [5.74, 6) is -0.0439. The van der Waals surface area contributed by atoms with Crippen molar-refractivity contribution in [3.63, 3.8) is 0 Å². The summed E-state index contributed by atoms with van der Waals surface area (Å²) in [4.78, 5) is 12.5. The summed E-state index contributed by atoms with van der Waals surface area (Å²) in [6, 6.07) is 15.3. The largest absolute Gasteiger partial charge is 0.345 e. The second-order valence-electron chi connectivity index (χ2n) is 6.02. The van der Waals surface area contributed by atoms with Crippen LogP contribution in [-0.2, 0) is 10.0 Å². The van der Waals surface area contributed by atoms with Crippen LogP contribution in [-0.4, -0.2) is 14.2 Å². The molecule has 0 bridgehead atoms. The fourth-order valence-electron chi connectivity index (χ4n) is 2.51. The molecule has 1 heterocycles. The lowest BCUT2D eigenvalue weighted by atomic mass is 10.2. The number of primary sulfonamides is 1. The zero-order valence-corrected chi connectivity index (χ0v) is 16.8. The summed E-state index contributed by atoms with van der Waals surface area (Å²) >= 11 is 1.32. The minimum Gasteiger partial charge on any atom is -0.345 e. The van der Waals surface area contributed by atoms with Gasteiger partial charge in [0.1, 0.15) is 10.7 Å². The molecule has 28 heavy (non-hydrogen) atoms. The molecule has 1 aromatic heterocycles. The smallest absolute Gasteiger partial charge is 0.238 e. The fraction of sp³-hybridized carbons (Fsp3) is 0.105. The number of hydrogen-bond acceptors (Lipinski definition) is 7. The van der Waals surface area contributed by atoms with Crippen LogP contribution < -0.4 is 10.5 Å². The number of sulfonamides is 1. The summed E-state index contributed by atoms with van der Waals surface area (Å²) < 4.78 is 22.7. The molecule has 3 aromatic rings. The normalized spacial score (nSPS) is 11.7. The summed E-state index contributed by atoms with van der Waals surface area (Å²) in [5, 5.41) is 17.6. The molecule has 0 spiro atoms. The zero-order chi connectivity index (χ0) is 20.3. The molecule has 0 saturated heterocycles. The van der Waals surface area contributed by atoms with Gasteiger partial charge in [0.15, 0.2) is 5.78 Å². The van der Waals surface area contributed by atoms with Crippen LogP contribution in [0.1, 0.15) is 22.2 Å². The minimum absolute atomic E-state index is 0.00321. The molecule has 9 heteroatoms. The lowest BCUT2D eigenvalue weighted by Gasteiger charge is -2.04. The average molecular weight is 415 g/mol. The van der Waals surface area contributed by atoms with E-state index in [0.717, 1.165) is 11.3 Å². The Kier molecular flexibility index (Phi) is 5.68. The number of hydrogen-bond donors (Lipinski definition) is 2. The van der Waals surface area contributed by atoms with Crippen molar-refractivity contribution < 1.29 is 13.2 Å². The molecule has 0 aliphatic carbocycles. The van der Waals surface area contributed by atoms with Crippen molar-refractivity contribution in [2.24, 2.45) is 15.4 Å². The standard InChI is InChI=1S/C19H18N4O3S2/c1-12-17(23-22-15-8-10-16(11-9-15)28(20,25)26)19(27-18(12)13(2)24)21-14-6-4-3-5-7-14/h3-11,21H,1-2H3,(H2,20,25,26). The van der Waals surface area contributed by atoms with Crippen LogP contribution in [0.2, 0.25) is 0 Å². The number of anilines is 2. The van der Waals surface area contributed by atoms with Crippen LogP contribution in [0.5, 0.6) is 0 Å². The van der Waals surface area contributed by atoms with Crippen LogP contribution in [0.4, 0.5) is 22.1 Å². The van der Waals surface area contributed by atoms with Gasteiger partial charge in [0.2, 0.25) is 10.0 Å². The van der Waals surface area contributed by atoms with E-state index in [2.05, 4.69) is 15.5 Å². The molecule has 3 N–H and O–H groups in total. The van der Waals surface area contributed by atoms with Gasteiger partial charge in [-0.05, 0) is 50.2 Å². The summed E-state index contributed by atoms with van der Waals surface area (Å²) in [7, 11) is -3.76. The van der Waals surface area contributed by atoms with Crippen molar-refractivity contribution >= 4 is 49.2 Å². The Labute approximate surface area is 167 Å². The van der Waals surface area contributed by atoms with Gasteiger partial charge in [0.05, 0.1) is 15.5 Å². The number of carbonyl (C=O) groups excluding carboxylic acids is 1. The lowest BCUT2D eigenvalue weighted by molar-refractivity contribution is 0.102. The van der Waals surface area contributed by atoms with E-state index in [9.17, 15) is 13.2 Å². The molecule has 0 aliphatic heterocycles. The van der Waals surface area contributed by atoms with Gasteiger partial charge in [-0.3, -0.25) is 4.79 Å². The van der Waals surface area contributed by atoms with E-state index in [1.54, 1.807) is 0 Å². The molecular formula is C19H18N4O3S2. The van der Waals surface area contributed by atoms with E-state index in [-0.39, 0.29) is 10.7 Å². The first-order valence-electron chi connectivity index (χ1n) is 8.26.